The second kappa shape index (κ2) is 8.91. The minimum absolute atomic E-state index is 0.00370. The van der Waals surface area contributed by atoms with Gasteiger partial charge in [0.1, 0.15) is 0 Å². The maximum absolute atomic E-state index is 12.0. The molecule has 1 saturated carbocycles. The van der Waals surface area contributed by atoms with Crippen molar-refractivity contribution in [2.75, 3.05) is 5.32 Å². The Morgan fingerprint density at radius 1 is 1.28 bits per heavy atom. The van der Waals surface area contributed by atoms with E-state index in [9.17, 15) is 19.7 Å². The van der Waals surface area contributed by atoms with Crippen molar-refractivity contribution in [2.45, 2.75) is 45.4 Å². The molecule has 0 spiro atoms. The highest BCUT2D eigenvalue weighted by atomic mass is 16.6. The predicted molar refractivity (Wildman–Crippen MR) is 94.2 cm³/mol. The Morgan fingerprint density at radius 2 is 2.00 bits per heavy atom. The first kappa shape index (κ1) is 18.6. The summed E-state index contributed by atoms with van der Waals surface area (Å²) in [6.45, 7) is 1.65. The Kier molecular flexibility index (Phi) is 6.62. The summed E-state index contributed by atoms with van der Waals surface area (Å²) < 4.78 is 0. The molecule has 0 radical (unpaired) electrons. The quantitative estimate of drug-likeness (QED) is 0.468. The summed E-state index contributed by atoms with van der Waals surface area (Å²) in [6, 6.07) is 5.71. The third kappa shape index (κ3) is 5.98. The fourth-order valence-electron chi connectivity index (χ4n) is 2.78. The standard InChI is InChI=1S/C17H22N4O4/c1-12(19-20-17(23)13-6-3-2-4-7-13)10-16(22)18-14-8-5-9-15(11-14)21(24)25/h5,8-9,11,13H,2-4,6-7,10H2,1H3,(H,18,22)(H,20,23)/b19-12-. The number of carbonyl (C=O) groups is 2. The molecule has 8 heteroatoms. The van der Waals surface area contributed by atoms with Crippen LogP contribution in [0.1, 0.15) is 45.4 Å². The van der Waals surface area contributed by atoms with E-state index in [4.69, 9.17) is 0 Å². The van der Waals surface area contributed by atoms with Crippen LogP contribution in [0.25, 0.3) is 0 Å². The third-order valence-corrected chi connectivity index (χ3v) is 4.09. The van der Waals surface area contributed by atoms with Crippen LogP contribution in [0.4, 0.5) is 11.4 Å². The first-order valence-electron chi connectivity index (χ1n) is 8.33. The highest BCUT2D eigenvalue weighted by Gasteiger charge is 2.20. The van der Waals surface area contributed by atoms with Crippen molar-refractivity contribution >= 4 is 28.9 Å². The lowest BCUT2D eigenvalue weighted by molar-refractivity contribution is -0.384. The van der Waals surface area contributed by atoms with E-state index >= 15 is 0 Å². The average Bonchev–Trinajstić information content (AvgIpc) is 2.60. The van der Waals surface area contributed by atoms with Crippen LogP contribution in [0.2, 0.25) is 0 Å². The summed E-state index contributed by atoms with van der Waals surface area (Å²) in [4.78, 5) is 34.2. The van der Waals surface area contributed by atoms with Gasteiger partial charge in [-0.15, -0.1) is 0 Å². The van der Waals surface area contributed by atoms with Crippen LogP contribution in [-0.2, 0) is 9.59 Å². The van der Waals surface area contributed by atoms with Gasteiger partial charge in [0.15, 0.2) is 0 Å². The number of nitrogens with zero attached hydrogens (tertiary/aromatic N) is 2. The Morgan fingerprint density at radius 3 is 2.68 bits per heavy atom. The molecule has 0 heterocycles. The van der Waals surface area contributed by atoms with Crippen molar-refractivity contribution in [1.29, 1.82) is 0 Å². The molecule has 0 saturated heterocycles. The summed E-state index contributed by atoms with van der Waals surface area (Å²) in [5, 5.41) is 17.3. The minimum Gasteiger partial charge on any atom is -0.326 e. The van der Waals surface area contributed by atoms with E-state index in [2.05, 4.69) is 15.8 Å². The van der Waals surface area contributed by atoms with Crippen LogP contribution in [0, 0.1) is 16.0 Å². The Bertz CT molecular complexity index is 681. The van der Waals surface area contributed by atoms with Crippen molar-refractivity contribution in [2.24, 2.45) is 11.0 Å². The maximum Gasteiger partial charge on any atom is 0.271 e. The molecule has 0 unspecified atom stereocenters. The van der Waals surface area contributed by atoms with Gasteiger partial charge in [-0.2, -0.15) is 5.10 Å². The molecule has 1 aliphatic rings. The normalized spacial score (nSPS) is 15.5. The van der Waals surface area contributed by atoms with E-state index in [0.29, 0.717) is 11.4 Å². The fourth-order valence-corrected chi connectivity index (χ4v) is 2.78. The number of benzene rings is 1. The molecule has 134 valence electrons. The van der Waals surface area contributed by atoms with E-state index in [0.717, 1.165) is 25.7 Å². The number of nitrogens with one attached hydrogen (secondary N) is 2. The number of amides is 2. The summed E-state index contributed by atoms with van der Waals surface area (Å²) in [5.74, 6) is -0.448. The van der Waals surface area contributed by atoms with E-state index in [-0.39, 0.29) is 29.8 Å². The van der Waals surface area contributed by atoms with E-state index in [1.54, 1.807) is 13.0 Å². The lowest BCUT2D eigenvalue weighted by atomic mass is 9.89. The zero-order valence-corrected chi connectivity index (χ0v) is 14.2. The largest absolute Gasteiger partial charge is 0.326 e. The van der Waals surface area contributed by atoms with Gasteiger partial charge >= 0.3 is 0 Å². The molecule has 0 bridgehead atoms. The molecule has 1 fully saturated rings. The van der Waals surface area contributed by atoms with Crippen LogP contribution in [0.5, 0.6) is 0 Å². The number of anilines is 1. The molecule has 2 rings (SSSR count). The molecule has 1 aromatic rings. The van der Waals surface area contributed by atoms with Gasteiger partial charge in [-0.25, -0.2) is 5.43 Å². The first-order valence-corrected chi connectivity index (χ1v) is 8.33. The molecule has 2 N–H and O–H groups in total. The van der Waals surface area contributed by atoms with Crippen molar-refractivity contribution in [3.8, 4) is 0 Å². The smallest absolute Gasteiger partial charge is 0.271 e. The number of carbonyl (C=O) groups excluding carboxylic acids is 2. The predicted octanol–water partition coefficient (Wildman–Crippen LogP) is 3.00. The van der Waals surface area contributed by atoms with Crippen LogP contribution >= 0.6 is 0 Å². The summed E-state index contributed by atoms with van der Waals surface area (Å²) in [5.41, 5.74) is 3.24. The molecule has 1 aromatic carbocycles. The Balaban J connectivity index is 1.83. The minimum atomic E-state index is -0.525. The maximum atomic E-state index is 12.0. The van der Waals surface area contributed by atoms with Crippen LogP contribution in [0.3, 0.4) is 0 Å². The van der Waals surface area contributed by atoms with Gasteiger partial charge in [-0.3, -0.25) is 19.7 Å². The number of nitro benzene ring substituents is 1. The Labute approximate surface area is 145 Å². The molecule has 0 aliphatic heterocycles. The van der Waals surface area contributed by atoms with Crippen LogP contribution in [0.15, 0.2) is 29.4 Å². The Hall–Kier alpha value is -2.77. The van der Waals surface area contributed by atoms with Crippen LogP contribution in [-0.4, -0.2) is 22.4 Å². The van der Waals surface area contributed by atoms with Crippen LogP contribution < -0.4 is 10.7 Å². The van der Waals surface area contributed by atoms with Crippen molar-refractivity contribution in [3.63, 3.8) is 0 Å². The van der Waals surface area contributed by atoms with Gasteiger partial charge < -0.3 is 5.32 Å². The van der Waals surface area contributed by atoms with Gasteiger partial charge in [-0.1, -0.05) is 25.3 Å². The van der Waals surface area contributed by atoms with Crippen molar-refractivity contribution in [1.82, 2.24) is 5.43 Å². The first-order chi connectivity index (χ1) is 12.0. The zero-order valence-electron chi connectivity index (χ0n) is 14.2. The summed E-state index contributed by atoms with van der Waals surface area (Å²) >= 11 is 0. The van der Waals surface area contributed by atoms with Crippen molar-refractivity contribution < 1.29 is 14.5 Å². The molecule has 0 atom stereocenters. The molecule has 25 heavy (non-hydrogen) atoms. The monoisotopic (exact) mass is 346 g/mol. The van der Waals surface area contributed by atoms with Gasteiger partial charge in [-0.05, 0) is 25.8 Å². The summed E-state index contributed by atoms with van der Waals surface area (Å²) in [6.07, 6.45) is 5.05. The van der Waals surface area contributed by atoms with Gasteiger partial charge in [0.2, 0.25) is 11.8 Å². The van der Waals surface area contributed by atoms with E-state index in [1.807, 2.05) is 0 Å². The number of non-ortho nitro benzene ring substituents is 1. The van der Waals surface area contributed by atoms with Gasteiger partial charge in [0, 0.05) is 29.4 Å². The second-order valence-electron chi connectivity index (χ2n) is 6.19. The number of hydrazone groups is 1. The topological polar surface area (TPSA) is 114 Å². The van der Waals surface area contributed by atoms with E-state index < -0.39 is 4.92 Å². The second-order valence-corrected chi connectivity index (χ2v) is 6.19. The van der Waals surface area contributed by atoms with Gasteiger partial charge in [0.05, 0.1) is 11.3 Å². The molecule has 8 nitrogen and oxygen atoms in total. The fraction of sp³-hybridized carbons (Fsp3) is 0.471. The number of hydrogen-bond acceptors (Lipinski definition) is 5. The molecule has 0 aromatic heterocycles. The van der Waals surface area contributed by atoms with E-state index in [1.165, 1.54) is 24.6 Å². The SMILES string of the molecule is C/C(CC(=O)Nc1cccc([N+](=O)[O-])c1)=N/NC(=O)C1CCCCC1. The van der Waals surface area contributed by atoms with Gasteiger partial charge in [0.25, 0.3) is 5.69 Å². The number of nitro groups is 1. The molecular formula is C17H22N4O4. The van der Waals surface area contributed by atoms with Crippen molar-refractivity contribution in [3.05, 3.63) is 34.4 Å². The lowest BCUT2D eigenvalue weighted by Crippen LogP contribution is -2.29. The zero-order chi connectivity index (χ0) is 18.2. The number of hydrogen-bond donors (Lipinski definition) is 2. The number of rotatable bonds is 6. The average molecular weight is 346 g/mol. The molecule has 1 aliphatic carbocycles. The molecule has 2 amide bonds. The highest BCUT2D eigenvalue weighted by Crippen LogP contribution is 2.23. The highest BCUT2D eigenvalue weighted by molar-refractivity contribution is 6.05. The lowest BCUT2D eigenvalue weighted by Gasteiger charge is -2.19. The summed E-state index contributed by atoms with van der Waals surface area (Å²) in [7, 11) is 0. The molecular weight excluding hydrogens is 324 g/mol. The third-order valence-electron chi connectivity index (χ3n) is 4.09.